The summed E-state index contributed by atoms with van der Waals surface area (Å²) < 4.78 is 0. The standard InChI is InChI=1S/C9H15N5O3/c1-2-6(15)3-4-11-8-7(14(16)17)5-12-9(10)13-8/h5-6,15H,2-4H2,1H3,(H3,10,11,12,13). The zero-order valence-electron chi connectivity index (χ0n) is 9.46. The zero-order valence-corrected chi connectivity index (χ0v) is 9.46. The van der Waals surface area contributed by atoms with Gasteiger partial charge < -0.3 is 16.2 Å². The fraction of sp³-hybridized carbons (Fsp3) is 0.556. The van der Waals surface area contributed by atoms with Crippen LogP contribution in [-0.4, -0.2) is 32.6 Å². The third kappa shape index (κ3) is 3.83. The summed E-state index contributed by atoms with van der Waals surface area (Å²) in [6, 6.07) is 0. The number of anilines is 2. The Kier molecular flexibility index (Phi) is 4.58. The molecule has 94 valence electrons. The van der Waals surface area contributed by atoms with Gasteiger partial charge in [-0.1, -0.05) is 6.92 Å². The van der Waals surface area contributed by atoms with Gasteiger partial charge >= 0.3 is 5.69 Å². The minimum Gasteiger partial charge on any atom is -0.393 e. The first-order valence-electron chi connectivity index (χ1n) is 5.23. The maximum Gasteiger partial charge on any atom is 0.329 e. The number of nitrogen functional groups attached to an aromatic ring is 1. The van der Waals surface area contributed by atoms with Gasteiger partial charge in [0.05, 0.1) is 11.0 Å². The number of nitrogens with one attached hydrogen (secondary N) is 1. The quantitative estimate of drug-likeness (QED) is 0.489. The maximum atomic E-state index is 10.7. The predicted octanol–water partition coefficient (Wildman–Crippen LogP) is 0.540. The smallest absolute Gasteiger partial charge is 0.329 e. The molecule has 0 aliphatic rings. The molecule has 1 rings (SSSR count). The highest BCUT2D eigenvalue weighted by Crippen LogP contribution is 2.20. The fourth-order valence-corrected chi connectivity index (χ4v) is 1.21. The second-order valence-electron chi connectivity index (χ2n) is 3.50. The number of nitro groups is 1. The summed E-state index contributed by atoms with van der Waals surface area (Å²) in [7, 11) is 0. The number of hydrogen-bond donors (Lipinski definition) is 3. The Morgan fingerprint density at radius 3 is 3.00 bits per heavy atom. The molecule has 4 N–H and O–H groups in total. The van der Waals surface area contributed by atoms with Gasteiger partial charge in [-0.25, -0.2) is 4.98 Å². The molecule has 0 fully saturated rings. The molecule has 1 unspecified atom stereocenters. The summed E-state index contributed by atoms with van der Waals surface area (Å²) in [5.41, 5.74) is 5.12. The largest absolute Gasteiger partial charge is 0.393 e. The maximum absolute atomic E-state index is 10.7. The van der Waals surface area contributed by atoms with Crippen molar-refractivity contribution in [2.75, 3.05) is 17.6 Å². The molecular weight excluding hydrogens is 226 g/mol. The van der Waals surface area contributed by atoms with E-state index in [0.29, 0.717) is 19.4 Å². The number of aliphatic hydroxyl groups excluding tert-OH is 1. The fourth-order valence-electron chi connectivity index (χ4n) is 1.21. The van der Waals surface area contributed by atoms with E-state index >= 15 is 0 Å². The topological polar surface area (TPSA) is 127 Å². The minimum atomic E-state index is -0.585. The molecular formula is C9H15N5O3. The van der Waals surface area contributed by atoms with Crippen LogP contribution in [0.1, 0.15) is 19.8 Å². The van der Waals surface area contributed by atoms with Crippen molar-refractivity contribution in [2.24, 2.45) is 0 Å². The van der Waals surface area contributed by atoms with Gasteiger partial charge in [0.25, 0.3) is 0 Å². The number of nitrogens with two attached hydrogens (primary N) is 1. The molecule has 0 aliphatic carbocycles. The molecule has 1 aromatic rings. The van der Waals surface area contributed by atoms with E-state index in [1.54, 1.807) is 0 Å². The van der Waals surface area contributed by atoms with Gasteiger partial charge in [0, 0.05) is 6.54 Å². The van der Waals surface area contributed by atoms with Gasteiger partial charge in [0.2, 0.25) is 11.8 Å². The van der Waals surface area contributed by atoms with Crippen LogP contribution in [0.4, 0.5) is 17.5 Å². The molecule has 0 bridgehead atoms. The van der Waals surface area contributed by atoms with Crippen LogP contribution in [0.15, 0.2) is 6.20 Å². The van der Waals surface area contributed by atoms with E-state index in [-0.39, 0.29) is 17.5 Å². The highest BCUT2D eigenvalue weighted by molar-refractivity contribution is 5.56. The van der Waals surface area contributed by atoms with Crippen LogP contribution < -0.4 is 11.1 Å². The van der Waals surface area contributed by atoms with Crippen molar-refractivity contribution in [3.63, 3.8) is 0 Å². The van der Waals surface area contributed by atoms with Crippen LogP contribution in [-0.2, 0) is 0 Å². The second-order valence-corrected chi connectivity index (χ2v) is 3.50. The summed E-state index contributed by atoms with van der Waals surface area (Å²) in [5.74, 6) is 0.0416. The number of nitrogens with zero attached hydrogens (tertiary/aromatic N) is 3. The van der Waals surface area contributed by atoms with Crippen LogP contribution in [0.5, 0.6) is 0 Å². The molecule has 17 heavy (non-hydrogen) atoms. The highest BCUT2D eigenvalue weighted by atomic mass is 16.6. The molecule has 0 saturated carbocycles. The van der Waals surface area contributed by atoms with Crippen LogP contribution in [0.25, 0.3) is 0 Å². The van der Waals surface area contributed by atoms with Crippen LogP contribution >= 0.6 is 0 Å². The second kappa shape index (κ2) is 5.94. The van der Waals surface area contributed by atoms with Gasteiger partial charge in [0.15, 0.2) is 0 Å². The van der Waals surface area contributed by atoms with Crippen LogP contribution in [0, 0.1) is 10.1 Å². The summed E-state index contributed by atoms with van der Waals surface area (Å²) >= 11 is 0. The molecule has 8 heteroatoms. The molecule has 8 nitrogen and oxygen atoms in total. The van der Waals surface area contributed by atoms with Crippen LogP contribution in [0.3, 0.4) is 0 Å². The van der Waals surface area contributed by atoms with Gasteiger partial charge in [0.1, 0.15) is 6.20 Å². The lowest BCUT2D eigenvalue weighted by molar-refractivity contribution is -0.384. The summed E-state index contributed by atoms with van der Waals surface area (Å²) in [4.78, 5) is 17.4. The van der Waals surface area contributed by atoms with E-state index in [1.165, 1.54) is 0 Å². The van der Waals surface area contributed by atoms with Crippen molar-refractivity contribution in [2.45, 2.75) is 25.9 Å². The van der Waals surface area contributed by atoms with Crippen molar-refractivity contribution in [3.05, 3.63) is 16.3 Å². The van der Waals surface area contributed by atoms with E-state index in [9.17, 15) is 15.2 Å². The predicted molar refractivity (Wildman–Crippen MR) is 62.5 cm³/mol. The molecule has 0 aliphatic heterocycles. The van der Waals surface area contributed by atoms with Crippen LogP contribution in [0.2, 0.25) is 0 Å². The Morgan fingerprint density at radius 1 is 1.71 bits per heavy atom. The number of hydrogen-bond acceptors (Lipinski definition) is 7. The first kappa shape index (κ1) is 13.1. The number of aliphatic hydroxyl groups is 1. The Bertz CT molecular complexity index is 398. The van der Waals surface area contributed by atoms with Crippen molar-refractivity contribution >= 4 is 17.5 Å². The third-order valence-corrected chi connectivity index (χ3v) is 2.23. The van der Waals surface area contributed by atoms with Crippen molar-refractivity contribution in [1.82, 2.24) is 9.97 Å². The SMILES string of the molecule is CCC(O)CCNc1nc(N)ncc1[N+](=O)[O-]. The summed E-state index contributed by atoms with van der Waals surface area (Å²) in [6.07, 6.45) is 1.74. The first-order valence-corrected chi connectivity index (χ1v) is 5.23. The van der Waals surface area contributed by atoms with E-state index < -0.39 is 11.0 Å². The average molecular weight is 241 g/mol. The lowest BCUT2D eigenvalue weighted by Crippen LogP contribution is -2.14. The Morgan fingerprint density at radius 2 is 2.41 bits per heavy atom. The molecule has 1 atom stereocenters. The monoisotopic (exact) mass is 241 g/mol. The number of aromatic nitrogens is 2. The van der Waals surface area contributed by atoms with E-state index in [4.69, 9.17) is 5.73 Å². The van der Waals surface area contributed by atoms with E-state index in [2.05, 4.69) is 15.3 Å². The summed E-state index contributed by atoms with van der Waals surface area (Å²) in [6.45, 7) is 2.24. The molecule has 0 spiro atoms. The van der Waals surface area contributed by atoms with E-state index in [1.807, 2.05) is 6.92 Å². The van der Waals surface area contributed by atoms with Gasteiger partial charge in [-0.2, -0.15) is 4.98 Å². The molecule has 0 amide bonds. The Hall–Kier alpha value is -1.96. The van der Waals surface area contributed by atoms with Gasteiger partial charge in [-0.3, -0.25) is 10.1 Å². The molecule has 1 aromatic heterocycles. The Labute approximate surface area is 98.0 Å². The molecule has 0 saturated heterocycles. The molecule has 0 radical (unpaired) electrons. The number of rotatable bonds is 6. The molecule has 1 heterocycles. The normalized spacial score (nSPS) is 12.1. The van der Waals surface area contributed by atoms with E-state index in [0.717, 1.165) is 6.20 Å². The van der Waals surface area contributed by atoms with Gasteiger partial charge in [-0.05, 0) is 12.8 Å². The van der Waals surface area contributed by atoms with Crippen molar-refractivity contribution < 1.29 is 10.0 Å². The molecule has 0 aromatic carbocycles. The zero-order chi connectivity index (χ0) is 12.8. The van der Waals surface area contributed by atoms with Gasteiger partial charge in [-0.15, -0.1) is 0 Å². The van der Waals surface area contributed by atoms with Crippen molar-refractivity contribution in [3.8, 4) is 0 Å². The lowest BCUT2D eigenvalue weighted by atomic mass is 10.2. The lowest BCUT2D eigenvalue weighted by Gasteiger charge is -2.09. The third-order valence-electron chi connectivity index (χ3n) is 2.23. The Balaban J connectivity index is 2.68. The summed E-state index contributed by atoms with van der Waals surface area (Å²) in [5, 5.41) is 22.8. The first-order chi connectivity index (χ1) is 8.04. The average Bonchev–Trinajstić information content (AvgIpc) is 2.28. The van der Waals surface area contributed by atoms with Crippen molar-refractivity contribution in [1.29, 1.82) is 0 Å². The highest BCUT2D eigenvalue weighted by Gasteiger charge is 2.16. The minimum absolute atomic E-state index is 0.0332.